The van der Waals surface area contributed by atoms with Gasteiger partial charge in [0.05, 0.1) is 42.2 Å². The number of aliphatic hydroxyl groups is 1. The van der Waals surface area contributed by atoms with Gasteiger partial charge in [-0.05, 0) is 32.6 Å². The highest BCUT2D eigenvalue weighted by atomic mass is 32.2. The molecule has 8 nitrogen and oxygen atoms in total. The van der Waals surface area contributed by atoms with Crippen LogP contribution in [0.25, 0.3) is 20.4 Å². The number of likely N-dealkylation sites (N-methyl/N-ethyl adjacent to an activating group) is 1. The lowest BCUT2D eigenvalue weighted by molar-refractivity contribution is -0.0396. The molecule has 0 radical (unpaired) electrons. The van der Waals surface area contributed by atoms with E-state index in [0.29, 0.717) is 26.4 Å². The van der Waals surface area contributed by atoms with Crippen LogP contribution >= 0.6 is 23.1 Å². The average Bonchev–Trinajstić information content (AvgIpc) is 3.20. The lowest BCUT2D eigenvalue weighted by atomic mass is 9.90. The fourth-order valence-electron chi connectivity index (χ4n) is 4.70. The minimum atomic E-state index is -0.248. The molecule has 3 aromatic heterocycles. The van der Waals surface area contributed by atoms with Crippen LogP contribution in [0.3, 0.4) is 0 Å². The molecule has 10 heteroatoms. The number of ether oxygens (including phenoxy) is 2. The van der Waals surface area contributed by atoms with Gasteiger partial charge in [0.15, 0.2) is 11.0 Å². The third-order valence-corrected chi connectivity index (χ3v) is 7.99. The van der Waals surface area contributed by atoms with Crippen LogP contribution in [0.4, 0.5) is 11.6 Å². The Kier molecular flexibility index (Phi) is 6.39. The minimum Gasteiger partial charge on any atom is -0.395 e. The summed E-state index contributed by atoms with van der Waals surface area (Å²) in [6.45, 7) is 11.4. The van der Waals surface area contributed by atoms with Gasteiger partial charge < -0.3 is 24.4 Å². The molecule has 1 fully saturated rings. The van der Waals surface area contributed by atoms with Crippen LogP contribution in [0, 0.1) is 0 Å². The fourth-order valence-corrected chi connectivity index (χ4v) is 6.22. The van der Waals surface area contributed by atoms with Crippen molar-refractivity contribution in [3.8, 4) is 0 Å². The molecule has 33 heavy (non-hydrogen) atoms. The molecule has 0 unspecified atom stereocenters. The molecule has 5 rings (SSSR count). The molecule has 0 amide bonds. The highest BCUT2D eigenvalue weighted by molar-refractivity contribution is 7.98. The van der Waals surface area contributed by atoms with Gasteiger partial charge in [-0.25, -0.2) is 15.0 Å². The minimum absolute atomic E-state index is 0.0825. The molecule has 0 spiro atoms. The van der Waals surface area contributed by atoms with E-state index in [0.717, 1.165) is 63.3 Å². The van der Waals surface area contributed by atoms with Crippen molar-refractivity contribution >= 4 is 55.2 Å². The lowest BCUT2D eigenvalue weighted by Gasteiger charge is -2.36. The molecule has 5 heterocycles. The number of hydrogen-bond acceptors (Lipinski definition) is 10. The Bertz CT molecular complexity index is 1180. The zero-order valence-electron chi connectivity index (χ0n) is 19.7. The zero-order valence-corrected chi connectivity index (χ0v) is 21.3. The van der Waals surface area contributed by atoms with Crippen molar-refractivity contribution in [2.75, 3.05) is 62.1 Å². The molecule has 3 aromatic rings. The second-order valence-corrected chi connectivity index (χ2v) is 10.8. The molecular formula is C23H31N5O3S2. The smallest absolute Gasteiger partial charge is 0.189 e. The Morgan fingerprint density at radius 1 is 1.18 bits per heavy atom. The lowest BCUT2D eigenvalue weighted by Crippen LogP contribution is -2.39. The summed E-state index contributed by atoms with van der Waals surface area (Å²) in [6, 6.07) is 0. The Hall–Kier alpha value is -1.72. The molecule has 2 aliphatic heterocycles. The molecule has 0 bridgehead atoms. The van der Waals surface area contributed by atoms with Gasteiger partial charge in [0, 0.05) is 43.5 Å². The first-order chi connectivity index (χ1) is 16.0. The molecule has 0 saturated carbocycles. The van der Waals surface area contributed by atoms with Crippen LogP contribution in [0.5, 0.6) is 0 Å². The summed E-state index contributed by atoms with van der Waals surface area (Å²) in [6.07, 6.45) is 2.82. The van der Waals surface area contributed by atoms with Crippen LogP contribution in [0.1, 0.15) is 31.9 Å². The van der Waals surface area contributed by atoms with Crippen LogP contribution in [0.15, 0.2) is 5.16 Å². The number of fused-ring (bicyclic) bond motifs is 5. The number of nitrogens with zero attached hydrogens (tertiary/aromatic N) is 5. The number of thioether (sulfide) groups is 1. The van der Waals surface area contributed by atoms with E-state index >= 15 is 0 Å². The van der Waals surface area contributed by atoms with Crippen molar-refractivity contribution in [3.63, 3.8) is 0 Å². The third-order valence-electron chi connectivity index (χ3n) is 6.37. The molecule has 0 aromatic carbocycles. The molecular weight excluding hydrogens is 458 g/mol. The SMILES string of the molecule is CCN(CCO)c1nc(SC)nc2c1sc1nc(N3CCOCC3)c3c(c12)CC(C)(C)OC3. The van der Waals surface area contributed by atoms with E-state index in [4.69, 9.17) is 24.4 Å². The van der Waals surface area contributed by atoms with Crippen LogP contribution < -0.4 is 9.80 Å². The summed E-state index contributed by atoms with van der Waals surface area (Å²) in [5.74, 6) is 1.90. The van der Waals surface area contributed by atoms with E-state index in [1.54, 1.807) is 23.1 Å². The van der Waals surface area contributed by atoms with E-state index in [-0.39, 0.29) is 12.2 Å². The summed E-state index contributed by atoms with van der Waals surface area (Å²) in [5, 5.41) is 11.5. The first kappa shape index (κ1) is 23.0. The monoisotopic (exact) mass is 489 g/mol. The normalized spacial score (nSPS) is 18.2. The topological polar surface area (TPSA) is 83.8 Å². The van der Waals surface area contributed by atoms with E-state index in [2.05, 4.69) is 30.6 Å². The summed E-state index contributed by atoms with van der Waals surface area (Å²) in [5.41, 5.74) is 3.20. The predicted octanol–water partition coefficient (Wildman–Crippen LogP) is 3.47. The van der Waals surface area contributed by atoms with Crippen molar-refractivity contribution in [2.45, 2.75) is 44.6 Å². The van der Waals surface area contributed by atoms with Crippen LogP contribution in [-0.4, -0.2) is 77.9 Å². The van der Waals surface area contributed by atoms with E-state index in [1.807, 2.05) is 6.26 Å². The Balaban J connectivity index is 1.80. The van der Waals surface area contributed by atoms with Gasteiger partial charge in [0.2, 0.25) is 0 Å². The fraction of sp³-hybridized carbons (Fsp3) is 0.609. The maximum Gasteiger partial charge on any atom is 0.189 e. The average molecular weight is 490 g/mol. The van der Waals surface area contributed by atoms with Gasteiger partial charge in [-0.3, -0.25) is 0 Å². The van der Waals surface area contributed by atoms with Gasteiger partial charge in [0.25, 0.3) is 0 Å². The highest BCUT2D eigenvalue weighted by Gasteiger charge is 2.33. The number of thiophene rings is 1. The van der Waals surface area contributed by atoms with Gasteiger partial charge >= 0.3 is 0 Å². The number of aliphatic hydroxyl groups excluding tert-OH is 1. The second kappa shape index (κ2) is 9.14. The van der Waals surface area contributed by atoms with Crippen LogP contribution in [0.2, 0.25) is 0 Å². The molecule has 0 aliphatic carbocycles. The summed E-state index contributed by atoms with van der Waals surface area (Å²) < 4.78 is 12.9. The van der Waals surface area contributed by atoms with Crippen molar-refractivity contribution in [3.05, 3.63) is 11.1 Å². The first-order valence-corrected chi connectivity index (χ1v) is 13.5. The number of anilines is 2. The predicted molar refractivity (Wildman–Crippen MR) is 135 cm³/mol. The molecule has 178 valence electrons. The number of hydrogen-bond donors (Lipinski definition) is 1. The molecule has 0 atom stereocenters. The van der Waals surface area contributed by atoms with Gasteiger partial charge in [-0.2, -0.15) is 0 Å². The quantitative estimate of drug-likeness (QED) is 0.413. The van der Waals surface area contributed by atoms with E-state index < -0.39 is 0 Å². The summed E-state index contributed by atoms with van der Waals surface area (Å²) in [4.78, 5) is 20.5. The second-order valence-electron chi connectivity index (χ2n) is 9.01. The maximum absolute atomic E-state index is 9.63. The van der Waals surface area contributed by atoms with Crippen molar-refractivity contribution in [1.82, 2.24) is 15.0 Å². The Labute approximate surface area is 202 Å². The first-order valence-electron chi connectivity index (χ1n) is 11.5. The highest BCUT2D eigenvalue weighted by Crippen LogP contribution is 2.45. The van der Waals surface area contributed by atoms with Crippen molar-refractivity contribution < 1.29 is 14.6 Å². The molecule has 1 saturated heterocycles. The molecule has 1 N–H and O–H groups in total. The molecule has 2 aliphatic rings. The van der Waals surface area contributed by atoms with E-state index in [1.165, 1.54) is 11.1 Å². The summed E-state index contributed by atoms with van der Waals surface area (Å²) >= 11 is 3.21. The Morgan fingerprint density at radius 3 is 2.67 bits per heavy atom. The number of morpholine rings is 1. The number of rotatable bonds is 6. The largest absolute Gasteiger partial charge is 0.395 e. The van der Waals surface area contributed by atoms with Crippen molar-refractivity contribution in [1.29, 1.82) is 0 Å². The third kappa shape index (κ3) is 4.16. The van der Waals surface area contributed by atoms with Gasteiger partial charge in [-0.15, -0.1) is 11.3 Å². The maximum atomic E-state index is 9.63. The summed E-state index contributed by atoms with van der Waals surface area (Å²) in [7, 11) is 0. The van der Waals surface area contributed by atoms with Gasteiger partial charge in [0.1, 0.15) is 10.6 Å². The standard InChI is InChI=1S/C23H31N5O3S2/c1-5-27(6-9-29)20-18-17(24-22(26-20)32-4)16-14-12-23(2,3)31-13-15(14)19(25-21(16)33-18)28-7-10-30-11-8-28/h29H,5-13H2,1-4H3. The number of aromatic nitrogens is 3. The van der Waals surface area contributed by atoms with Crippen molar-refractivity contribution in [2.24, 2.45) is 0 Å². The number of pyridine rings is 1. The van der Waals surface area contributed by atoms with E-state index in [9.17, 15) is 5.11 Å². The van der Waals surface area contributed by atoms with Crippen LogP contribution in [-0.2, 0) is 22.5 Å². The zero-order chi connectivity index (χ0) is 23.2. The van der Waals surface area contributed by atoms with Gasteiger partial charge in [-0.1, -0.05) is 11.8 Å². The Morgan fingerprint density at radius 2 is 1.97 bits per heavy atom.